The Bertz CT molecular complexity index is 873. The summed E-state index contributed by atoms with van der Waals surface area (Å²) in [5, 5.41) is 9.92. The average molecular weight is 366 g/mol. The molecule has 1 N–H and O–H groups in total. The number of aromatic nitrogens is 2. The molecule has 1 aliphatic heterocycles. The Labute approximate surface area is 157 Å². The van der Waals surface area contributed by atoms with Gasteiger partial charge in [0.05, 0.1) is 16.3 Å². The Morgan fingerprint density at radius 1 is 1.27 bits per heavy atom. The maximum atomic E-state index is 13.0. The largest absolute Gasteiger partial charge is 0.337 e. The third-order valence-electron chi connectivity index (χ3n) is 4.77. The van der Waals surface area contributed by atoms with Crippen molar-refractivity contribution in [1.29, 1.82) is 0 Å². The molecule has 1 saturated heterocycles. The third kappa shape index (κ3) is 3.30. The first kappa shape index (κ1) is 17.0. The molecule has 134 valence electrons. The normalized spacial score (nSPS) is 17.0. The molecule has 1 aromatic carbocycles. The highest BCUT2D eigenvalue weighted by Gasteiger charge is 2.28. The minimum absolute atomic E-state index is 0.0242. The highest BCUT2D eigenvalue weighted by molar-refractivity contribution is 7.13. The van der Waals surface area contributed by atoms with E-state index < -0.39 is 0 Å². The van der Waals surface area contributed by atoms with Crippen LogP contribution in [-0.2, 0) is 0 Å². The van der Waals surface area contributed by atoms with Gasteiger partial charge in [0.1, 0.15) is 0 Å². The number of thiophene rings is 1. The molecule has 2 aromatic heterocycles. The lowest BCUT2D eigenvalue weighted by atomic mass is 10.1. The number of amides is 1. The van der Waals surface area contributed by atoms with Crippen LogP contribution in [0.5, 0.6) is 0 Å². The first-order valence-corrected chi connectivity index (χ1v) is 9.77. The molecule has 3 heterocycles. The fourth-order valence-corrected chi connectivity index (χ4v) is 4.21. The lowest BCUT2D eigenvalue weighted by Gasteiger charge is -2.15. The van der Waals surface area contributed by atoms with Gasteiger partial charge < -0.3 is 10.2 Å². The first-order chi connectivity index (χ1) is 12.8. The van der Waals surface area contributed by atoms with E-state index in [1.165, 1.54) is 0 Å². The molecule has 6 heteroatoms. The predicted octanol–water partition coefficient (Wildman–Crippen LogP) is 3.28. The minimum Gasteiger partial charge on any atom is -0.337 e. The summed E-state index contributed by atoms with van der Waals surface area (Å²) in [6.07, 6.45) is 1.05. The molecular formula is C20H22N4OS. The van der Waals surface area contributed by atoms with Gasteiger partial charge >= 0.3 is 0 Å². The third-order valence-corrected chi connectivity index (χ3v) is 5.66. The molecule has 4 rings (SSSR count). The van der Waals surface area contributed by atoms with E-state index in [0.717, 1.165) is 42.3 Å². The highest BCUT2D eigenvalue weighted by atomic mass is 32.1. The van der Waals surface area contributed by atoms with Crippen LogP contribution in [0, 0.1) is 5.92 Å². The lowest BCUT2D eigenvalue weighted by Crippen LogP contribution is -2.30. The SMILES string of the molecule is CNCC1CCN(C(=O)c2cc(-c3cccs3)n(-c3ccccc3)n2)C1. The van der Waals surface area contributed by atoms with E-state index in [1.807, 2.05) is 64.5 Å². The molecule has 3 aromatic rings. The highest BCUT2D eigenvalue weighted by Crippen LogP contribution is 2.29. The molecule has 1 unspecified atom stereocenters. The molecule has 5 nitrogen and oxygen atoms in total. The number of nitrogens with one attached hydrogen (secondary N) is 1. The van der Waals surface area contributed by atoms with Crippen molar-refractivity contribution in [3.63, 3.8) is 0 Å². The van der Waals surface area contributed by atoms with Crippen LogP contribution in [0.2, 0.25) is 0 Å². The second kappa shape index (κ2) is 7.43. The van der Waals surface area contributed by atoms with Crippen molar-refractivity contribution in [2.24, 2.45) is 5.92 Å². The smallest absolute Gasteiger partial charge is 0.274 e. The first-order valence-electron chi connectivity index (χ1n) is 8.89. The molecule has 0 saturated carbocycles. The molecule has 0 bridgehead atoms. The fourth-order valence-electron chi connectivity index (χ4n) is 3.49. The van der Waals surface area contributed by atoms with Crippen LogP contribution in [-0.4, -0.2) is 47.3 Å². The van der Waals surface area contributed by atoms with Gasteiger partial charge in [-0.25, -0.2) is 4.68 Å². The molecule has 0 spiro atoms. The summed E-state index contributed by atoms with van der Waals surface area (Å²) in [5.74, 6) is 0.549. The van der Waals surface area contributed by atoms with E-state index in [0.29, 0.717) is 11.6 Å². The zero-order valence-electron chi connectivity index (χ0n) is 14.8. The summed E-state index contributed by atoms with van der Waals surface area (Å²) in [6, 6.07) is 16.0. The van der Waals surface area contributed by atoms with Gasteiger partial charge in [-0.15, -0.1) is 11.3 Å². The number of hydrogen-bond acceptors (Lipinski definition) is 4. The quantitative estimate of drug-likeness (QED) is 0.754. The Morgan fingerprint density at radius 3 is 2.85 bits per heavy atom. The average Bonchev–Trinajstić information content (AvgIpc) is 3.42. The van der Waals surface area contributed by atoms with Crippen LogP contribution >= 0.6 is 11.3 Å². The molecule has 1 fully saturated rings. The van der Waals surface area contributed by atoms with Gasteiger partial charge in [0.25, 0.3) is 5.91 Å². The minimum atomic E-state index is 0.0242. The van der Waals surface area contributed by atoms with Crippen LogP contribution in [0.4, 0.5) is 0 Å². The maximum Gasteiger partial charge on any atom is 0.274 e. The van der Waals surface area contributed by atoms with Crippen molar-refractivity contribution in [2.45, 2.75) is 6.42 Å². The Balaban J connectivity index is 1.67. The molecule has 1 amide bonds. The monoisotopic (exact) mass is 366 g/mol. The number of hydrogen-bond donors (Lipinski definition) is 1. The standard InChI is InChI=1S/C20H22N4OS/c1-21-13-15-9-10-23(14-15)20(25)17-12-18(19-8-5-11-26-19)24(22-17)16-6-3-2-4-7-16/h2-8,11-12,15,21H,9-10,13-14H2,1H3. The van der Waals surface area contributed by atoms with Gasteiger partial charge in [0, 0.05) is 13.1 Å². The Kier molecular flexibility index (Phi) is 4.86. The summed E-state index contributed by atoms with van der Waals surface area (Å²) < 4.78 is 1.88. The van der Waals surface area contributed by atoms with Crippen molar-refractivity contribution in [3.05, 3.63) is 59.6 Å². The van der Waals surface area contributed by atoms with Crippen LogP contribution in [0.3, 0.4) is 0 Å². The molecule has 0 aliphatic carbocycles. The molecular weight excluding hydrogens is 344 g/mol. The van der Waals surface area contributed by atoms with Crippen molar-refractivity contribution < 1.29 is 4.79 Å². The fraction of sp³-hybridized carbons (Fsp3) is 0.300. The number of benzene rings is 1. The second-order valence-corrected chi connectivity index (χ2v) is 7.55. The van der Waals surface area contributed by atoms with Crippen molar-refractivity contribution >= 4 is 17.2 Å². The lowest BCUT2D eigenvalue weighted by molar-refractivity contribution is 0.0781. The Morgan fingerprint density at radius 2 is 2.12 bits per heavy atom. The number of para-hydroxylation sites is 1. The van der Waals surface area contributed by atoms with Gasteiger partial charge in [0.2, 0.25) is 0 Å². The molecule has 0 radical (unpaired) electrons. The summed E-state index contributed by atoms with van der Waals surface area (Å²) in [4.78, 5) is 16.0. The zero-order valence-corrected chi connectivity index (χ0v) is 15.6. The Hall–Kier alpha value is -2.44. The van der Waals surface area contributed by atoms with Crippen molar-refractivity contribution in [3.8, 4) is 16.3 Å². The van der Waals surface area contributed by atoms with Gasteiger partial charge in [0.15, 0.2) is 5.69 Å². The van der Waals surface area contributed by atoms with Crippen LogP contribution in [0.1, 0.15) is 16.9 Å². The van der Waals surface area contributed by atoms with Crippen LogP contribution in [0.25, 0.3) is 16.3 Å². The van der Waals surface area contributed by atoms with Gasteiger partial charge in [-0.1, -0.05) is 24.3 Å². The van der Waals surface area contributed by atoms with E-state index in [9.17, 15) is 4.79 Å². The topological polar surface area (TPSA) is 50.2 Å². The van der Waals surface area contributed by atoms with E-state index >= 15 is 0 Å². The number of likely N-dealkylation sites (tertiary alicyclic amines) is 1. The summed E-state index contributed by atoms with van der Waals surface area (Å²) >= 11 is 1.66. The van der Waals surface area contributed by atoms with Gasteiger partial charge in [-0.3, -0.25) is 4.79 Å². The molecule has 26 heavy (non-hydrogen) atoms. The van der Waals surface area contributed by atoms with E-state index in [1.54, 1.807) is 11.3 Å². The maximum absolute atomic E-state index is 13.0. The van der Waals surface area contributed by atoms with Crippen molar-refractivity contribution in [2.75, 3.05) is 26.7 Å². The van der Waals surface area contributed by atoms with Gasteiger partial charge in [-0.2, -0.15) is 5.10 Å². The zero-order chi connectivity index (χ0) is 17.9. The van der Waals surface area contributed by atoms with Crippen LogP contribution < -0.4 is 5.32 Å². The number of rotatable bonds is 5. The predicted molar refractivity (Wildman–Crippen MR) is 105 cm³/mol. The number of carbonyl (C=O) groups excluding carboxylic acids is 1. The molecule has 1 atom stereocenters. The summed E-state index contributed by atoms with van der Waals surface area (Å²) in [7, 11) is 1.96. The van der Waals surface area contributed by atoms with Crippen molar-refractivity contribution in [1.82, 2.24) is 20.0 Å². The molecule has 1 aliphatic rings. The van der Waals surface area contributed by atoms with Gasteiger partial charge in [-0.05, 0) is 55.6 Å². The van der Waals surface area contributed by atoms with E-state index in [4.69, 9.17) is 0 Å². The van der Waals surface area contributed by atoms with E-state index in [-0.39, 0.29) is 5.91 Å². The summed E-state index contributed by atoms with van der Waals surface area (Å²) in [6.45, 7) is 2.55. The summed E-state index contributed by atoms with van der Waals surface area (Å²) in [5.41, 5.74) is 2.44. The number of carbonyl (C=O) groups is 1. The van der Waals surface area contributed by atoms with Crippen LogP contribution in [0.15, 0.2) is 53.9 Å². The van der Waals surface area contributed by atoms with E-state index in [2.05, 4.69) is 16.5 Å². The second-order valence-electron chi connectivity index (χ2n) is 6.60. The number of nitrogens with zero attached hydrogens (tertiary/aromatic N) is 3.